The number of hydrogen-bond acceptors (Lipinski definition) is 2. The number of amides is 1. The van der Waals surface area contributed by atoms with E-state index in [0.29, 0.717) is 5.92 Å². The van der Waals surface area contributed by atoms with Gasteiger partial charge in [-0.05, 0) is 43.0 Å². The van der Waals surface area contributed by atoms with Crippen LogP contribution in [0.15, 0.2) is 60.7 Å². The third-order valence-corrected chi connectivity index (χ3v) is 4.59. The number of hydrogen-bond donors (Lipinski definition) is 1. The summed E-state index contributed by atoms with van der Waals surface area (Å²) in [6.07, 6.45) is 4.47. The third kappa shape index (κ3) is 4.85. The second kappa shape index (κ2) is 8.67. The highest BCUT2D eigenvalue weighted by atomic mass is 16.1. The lowest BCUT2D eigenvalue weighted by molar-refractivity contribution is -0.117. The number of fused-ring (bicyclic) bond motifs is 1. The Bertz CT molecular complexity index is 925. The summed E-state index contributed by atoms with van der Waals surface area (Å²) in [4.78, 5) is 17.1. The van der Waals surface area contributed by atoms with Gasteiger partial charge in [0.15, 0.2) is 0 Å². The topological polar surface area (TPSA) is 46.9 Å². The van der Waals surface area contributed by atoms with Gasteiger partial charge in [-0.15, -0.1) is 0 Å². The second-order valence-corrected chi connectivity index (χ2v) is 7.27. The normalized spacial score (nSPS) is 12.7. The Morgan fingerprint density at radius 1 is 1.07 bits per heavy atom. The average Bonchev–Trinajstić information content (AvgIpc) is 3.04. The molecule has 1 heterocycles. The Hall–Kier alpha value is -2.88. The lowest BCUT2D eigenvalue weighted by atomic mass is 10.1. The Balaban J connectivity index is 1.78. The van der Waals surface area contributed by atoms with E-state index in [9.17, 15) is 4.79 Å². The van der Waals surface area contributed by atoms with Crippen molar-refractivity contribution in [3.05, 3.63) is 72.1 Å². The number of carbonyl (C=O) groups excluding carboxylic acids is 1. The van der Waals surface area contributed by atoms with Gasteiger partial charge in [-0.2, -0.15) is 0 Å². The van der Waals surface area contributed by atoms with Crippen molar-refractivity contribution < 1.29 is 4.79 Å². The molecule has 1 aromatic heterocycles. The van der Waals surface area contributed by atoms with Crippen molar-refractivity contribution in [2.24, 2.45) is 5.92 Å². The molecule has 0 aliphatic rings. The first-order chi connectivity index (χ1) is 13.0. The largest absolute Gasteiger partial charge is 0.343 e. The molecule has 4 heteroatoms. The van der Waals surface area contributed by atoms with Gasteiger partial charge in [-0.3, -0.25) is 4.79 Å². The summed E-state index contributed by atoms with van der Waals surface area (Å²) in [5.74, 6) is 1.39. The minimum atomic E-state index is -0.169. The molecule has 0 radical (unpaired) electrons. The number of aromatic nitrogens is 2. The van der Waals surface area contributed by atoms with Crippen LogP contribution in [0.25, 0.3) is 17.1 Å². The van der Waals surface area contributed by atoms with Crippen LogP contribution in [0.3, 0.4) is 0 Å². The molecule has 140 valence electrons. The van der Waals surface area contributed by atoms with Gasteiger partial charge in [-0.25, -0.2) is 4.98 Å². The summed E-state index contributed by atoms with van der Waals surface area (Å²) < 4.78 is 2.24. The number of aryl methyl sites for hydroxylation is 1. The van der Waals surface area contributed by atoms with Crippen LogP contribution in [-0.4, -0.2) is 15.5 Å². The maximum absolute atomic E-state index is 12.4. The molecule has 1 atom stereocenters. The number of carbonyl (C=O) groups is 1. The molecule has 27 heavy (non-hydrogen) atoms. The van der Waals surface area contributed by atoms with E-state index in [0.717, 1.165) is 35.4 Å². The zero-order valence-corrected chi connectivity index (χ0v) is 16.2. The van der Waals surface area contributed by atoms with Crippen molar-refractivity contribution >= 4 is 23.0 Å². The Labute approximate surface area is 160 Å². The van der Waals surface area contributed by atoms with Crippen LogP contribution in [0.1, 0.15) is 44.6 Å². The number of nitrogens with one attached hydrogen (secondary N) is 1. The molecule has 1 N–H and O–H groups in total. The monoisotopic (exact) mass is 361 g/mol. The number of benzene rings is 2. The fourth-order valence-electron chi connectivity index (χ4n) is 3.11. The van der Waals surface area contributed by atoms with Gasteiger partial charge in [0.1, 0.15) is 5.82 Å². The number of imidazole rings is 1. The van der Waals surface area contributed by atoms with Crippen molar-refractivity contribution in [2.75, 3.05) is 0 Å². The summed E-state index contributed by atoms with van der Waals surface area (Å²) >= 11 is 0. The van der Waals surface area contributed by atoms with E-state index in [1.165, 1.54) is 0 Å². The molecular formula is C23H27N3O. The molecule has 2 aromatic carbocycles. The van der Waals surface area contributed by atoms with E-state index in [2.05, 4.69) is 29.8 Å². The first-order valence-electron chi connectivity index (χ1n) is 9.53. The molecule has 3 aromatic rings. The first-order valence-corrected chi connectivity index (χ1v) is 9.53. The Morgan fingerprint density at radius 2 is 1.78 bits per heavy atom. The van der Waals surface area contributed by atoms with E-state index < -0.39 is 0 Å². The van der Waals surface area contributed by atoms with Gasteiger partial charge < -0.3 is 9.88 Å². The third-order valence-electron chi connectivity index (χ3n) is 4.59. The van der Waals surface area contributed by atoms with E-state index >= 15 is 0 Å². The highest BCUT2D eigenvalue weighted by Crippen LogP contribution is 2.22. The van der Waals surface area contributed by atoms with Gasteiger partial charge in [0, 0.05) is 12.6 Å². The predicted octanol–water partition coefficient (Wildman–Crippen LogP) is 4.97. The van der Waals surface area contributed by atoms with Crippen molar-refractivity contribution in [1.82, 2.24) is 14.9 Å². The highest BCUT2D eigenvalue weighted by molar-refractivity contribution is 5.92. The highest BCUT2D eigenvalue weighted by Gasteiger charge is 2.17. The standard InChI is InChI=1S/C23H27N3O/c1-17(2)15-16-26-21-12-8-7-11-20(21)25-23(26)18(3)24-22(27)14-13-19-9-5-4-6-10-19/h4-14,17-18H,15-16H2,1-3H3,(H,24,27)/b14-13+/t18-/m0/s1. The molecule has 3 rings (SSSR count). The average molecular weight is 361 g/mol. The van der Waals surface area contributed by atoms with Crippen molar-refractivity contribution in [1.29, 1.82) is 0 Å². The molecule has 0 bridgehead atoms. The lowest BCUT2D eigenvalue weighted by Gasteiger charge is -2.16. The molecule has 0 spiro atoms. The molecule has 0 aliphatic carbocycles. The smallest absolute Gasteiger partial charge is 0.244 e. The zero-order chi connectivity index (χ0) is 19.2. The van der Waals surface area contributed by atoms with Gasteiger partial charge in [-0.1, -0.05) is 56.3 Å². The van der Waals surface area contributed by atoms with E-state index in [4.69, 9.17) is 4.98 Å². The molecular weight excluding hydrogens is 334 g/mol. The molecule has 0 unspecified atom stereocenters. The minimum absolute atomic E-state index is 0.117. The number of nitrogens with zero attached hydrogens (tertiary/aromatic N) is 2. The van der Waals surface area contributed by atoms with Crippen molar-refractivity contribution in [2.45, 2.75) is 39.8 Å². The molecule has 4 nitrogen and oxygen atoms in total. The lowest BCUT2D eigenvalue weighted by Crippen LogP contribution is -2.27. The quantitative estimate of drug-likeness (QED) is 0.604. The maximum atomic E-state index is 12.4. The Kier molecular flexibility index (Phi) is 6.07. The minimum Gasteiger partial charge on any atom is -0.343 e. The summed E-state index contributed by atoms with van der Waals surface area (Å²) in [5.41, 5.74) is 3.09. The maximum Gasteiger partial charge on any atom is 0.244 e. The van der Waals surface area contributed by atoms with Crippen LogP contribution >= 0.6 is 0 Å². The van der Waals surface area contributed by atoms with Gasteiger partial charge in [0.05, 0.1) is 17.1 Å². The van der Waals surface area contributed by atoms with Crippen molar-refractivity contribution in [3.8, 4) is 0 Å². The van der Waals surface area contributed by atoms with E-state index in [1.807, 2.05) is 61.5 Å². The summed E-state index contributed by atoms with van der Waals surface area (Å²) in [5, 5.41) is 3.05. The molecule has 0 saturated carbocycles. The fourth-order valence-corrected chi connectivity index (χ4v) is 3.11. The number of para-hydroxylation sites is 2. The van der Waals surface area contributed by atoms with E-state index in [-0.39, 0.29) is 11.9 Å². The van der Waals surface area contributed by atoms with Gasteiger partial charge in [0.25, 0.3) is 0 Å². The summed E-state index contributed by atoms with van der Waals surface area (Å²) in [6, 6.07) is 17.8. The SMILES string of the molecule is CC(C)CCn1c([C@H](C)NC(=O)/C=C/c2ccccc2)nc2ccccc21. The van der Waals surface area contributed by atoms with Crippen LogP contribution in [0.2, 0.25) is 0 Å². The molecule has 0 fully saturated rings. The van der Waals surface area contributed by atoms with Crippen LogP contribution in [0.4, 0.5) is 0 Å². The van der Waals surface area contributed by atoms with Crippen LogP contribution in [-0.2, 0) is 11.3 Å². The molecule has 1 amide bonds. The number of rotatable bonds is 7. The summed E-state index contributed by atoms with van der Waals surface area (Å²) in [6.45, 7) is 7.33. The van der Waals surface area contributed by atoms with Crippen LogP contribution in [0, 0.1) is 5.92 Å². The predicted molar refractivity (Wildman–Crippen MR) is 111 cm³/mol. The summed E-state index contributed by atoms with van der Waals surface area (Å²) in [7, 11) is 0. The van der Waals surface area contributed by atoms with Crippen molar-refractivity contribution in [3.63, 3.8) is 0 Å². The Morgan fingerprint density at radius 3 is 2.52 bits per heavy atom. The van der Waals surface area contributed by atoms with E-state index in [1.54, 1.807) is 6.08 Å². The molecule has 0 aliphatic heterocycles. The first kappa shape index (κ1) is 18.9. The second-order valence-electron chi connectivity index (χ2n) is 7.27. The van der Waals surface area contributed by atoms with Gasteiger partial charge >= 0.3 is 0 Å². The van der Waals surface area contributed by atoms with Gasteiger partial charge in [0.2, 0.25) is 5.91 Å². The fraction of sp³-hybridized carbons (Fsp3) is 0.304. The van der Waals surface area contributed by atoms with Crippen LogP contribution in [0.5, 0.6) is 0 Å². The van der Waals surface area contributed by atoms with Crippen LogP contribution < -0.4 is 5.32 Å². The molecule has 0 saturated heterocycles. The zero-order valence-electron chi connectivity index (χ0n) is 16.2.